The third-order valence-corrected chi connectivity index (χ3v) is 4.38. The molecule has 0 saturated carbocycles. The average Bonchev–Trinajstić information content (AvgIpc) is 3.02. The second kappa shape index (κ2) is 6.96. The van der Waals surface area contributed by atoms with Crippen LogP contribution in [0.2, 0.25) is 0 Å². The number of hydrogen-bond donors (Lipinski definition) is 2. The van der Waals surface area contributed by atoms with Gasteiger partial charge in [0.05, 0.1) is 0 Å². The fourth-order valence-electron chi connectivity index (χ4n) is 3.19. The number of hydrogen-bond acceptors (Lipinski definition) is 4. The Morgan fingerprint density at radius 1 is 1.35 bits per heavy atom. The molecule has 1 aromatic heterocycles. The van der Waals surface area contributed by atoms with Gasteiger partial charge in [-0.2, -0.15) is 0 Å². The summed E-state index contributed by atoms with van der Waals surface area (Å²) in [5.41, 5.74) is 0.914. The van der Waals surface area contributed by atoms with Crippen molar-refractivity contribution in [1.82, 2.24) is 10.3 Å². The van der Waals surface area contributed by atoms with Crippen molar-refractivity contribution in [2.75, 3.05) is 18.0 Å². The molecule has 2 heterocycles. The first-order valence-corrected chi connectivity index (χ1v) is 8.08. The zero-order valence-electron chi connectivity index (χ0n) is 13.2. The lowest BCUT2D eigenvalue weighted by Gasteiger charge is -2.24. The van der Waals surface area contributed by atoms with Crippen LogP contribution in [0.3, 0.4) is 0 Å². The first-order chi connectivity index (χ1) is 11.2. The van der Waals surface area contributed by atoms with Crippen molar-refractivity contribution in [2.24, 2.45) is 0 Å². The van der Waals surface area contributed by atoms with Crippen molar-refractivity contribution in [3.63, 3.8) is 0 Å². The van der Waals surface area contributed by atoms with Crippen LogP contribution in [0.15, 0.2) is 42.6 Å². The maximum Gasteiger partial charge on any atom is 0.165 e. The minimum Gasteiger partial charge on any atom is -0.508 e. The molecule has 2 atom stereocenters. The van der Waals surface area contributed by atoms with Gasteiger partial charge in [0.15, 0.2) is 11.6 Å². The molecular formula is C18H22FN3O. The van der Waals surface area contributed by atoms with Crippen molar-refractivity contribution in [3.8, 4) is 5.75 Å². The molecule has 0 bridgehead atoms. The first-order valence-electron chi connectivity index (χ1n) is 8.08. The van der Waals surface area contributed by atoms with Crippen molar-refractivity contribution in [2.45, 2.75) is 31.8 Å². The van der Waals surface area contributed by atoms with Crippen LogP contribution in [0, 0.1) is 5.82 Å². The Balaban J connectivity index is 1.67. The number of nitrogens with one attached hydrogen (secondary N) is 1. The fraction of sp³-hybridized carbons (Fsp3) is 0.389. The Morgan fingerprint density at radius 2 is 2.17 bits per heavy atom. The van der Waals surface area contributed by atoms with E-state index in [0.29, 0.717) is 11.6 Å². The number of phenolic OH excluding ortho intramolecular Hbond substituents is 1. The van der Waals surface area contributed by atoms with Crippen LogP contribution in [0.1, 0.15) is 31.4 Å². The van der Waals surface area contributed by atoms with E-state index >= 15 is 0 Å². The van der Waals surface area contributed by atoms with Crippen LogP contribution >= 0.6 is 0 Å². The van der Waals surface area contributed by atoms with Gasteiger partial charge in [-0.05, 0) is 31.0 Å². The molecule has 1 aromatic carbocycles. The highest BCUT2D eigenvalue weighted by Crippen LogP contribution is 2.28. The maximum absolute atomic E-state index is 13.9. The van der Waals surface area contributed by atoms with Crippen LogP contribution in [0.4, 0.5) is 10.2 Å². The number of para-hydroxylation sites is 1. The van der Waals surface area contributed by atoms with Crippen LogP contribution in [-0.2, 0) is 0 Å². The van der Waals surface area contributed by atoms with E-state index in [9.17, 15) is 9.50 Å². The van der Waals surface area contributed by atoms with Gasteiger partial charge in [-0.3, -0.25) is 0 Å². The molecular weight excluding hydrogens is 293 g/mol. The van der Waals surface area contributed by atoms with Crippen molar-refractivity contribution >= 4 is 5.82 Å². The number of phenols is 1. The summed E-state index contributed by atoms with van der Waals surface area (Å²) in [5.74, 6) is 0.464. The molecule has 1 aliphatic rings. The molecule has 0 unspecified atom stereocenters. The number of halogens is 1. The Kier molecular flexibility index (Phi) is 4.76. The number of anilines is 1. The molecule has 1 fully saturated rings. The third-order valence-electron chi connectivity index (χ3n) is 4.38. The SMILES string of the molecule is CC[C@H](N[C@@H]1CCN(c2ncccc2F)C1)c1ccccc1O. The highest BCUT2D eigenvalue weighted by molar-refractivity contribution is 5.41. The topological polar surface area (TPSA) is 48.4 Å². The molecule has 23 heavy (non-hydrogen) atoms. The predicted octanol–water partition coefficient (Wildman–Crippen LogP) is 3.25. The molecule has 3 rings (SSSR count). The number of pyridine rings is 1. The van der Waals surface area contributed by atoms with Crippen molar-refractivity contribution in [1.29, 1.82) is 0 Å². The molecule has 1 saturated heterocycles. The van der Waals surface area contributed by atoms with E-state index < -0.39 is 0 Å². The standard InChI is InChI=1S/C18H22FN3O/c1-2-16(14-6-3-4-8-17(14)23)21-13-9-11-22(12-13)18-15(19)7-5-10-20-18/h3-8,10,13,16,21,23H,2,9,11-12H2,1H3/t13-,16+/m1/s1. The van der Waals surface area contributed by atoms with Crippen LogP contribution in [0.5, 0.6) is 5.75 Å². The average molecular weight is 315 g/mol. The van der Waals surface area contributed by atoms with Crippen molar-refractivity contribution in [3.05, 3.63) is 54.0 Å². The zero-order chi connectivity index (χ0) is 16.2. The fourth-order valence-corrected chi connectivity index (χ4v) is 3.19. The smallest absolute Gasteiger partial charge is 0.165 e. The number of benzene rings is 1. The number of aromatic hydroxyl groups is 1. The first kappa shape index (κ1) is 15.7. The van der Waals surface area contributed by atoms with E-state index in [2.05, 4.69) is 17.2 Å². The lowest BCUT2D eigenvalue weighted by molar-refractivity contribution is 0.415. The molecule has 122 valence electrons. The molecule has 0 radical (unpaired) electrons. The van der Waals surface area contributed by atoms with Gasteiger partial charge in [0.2, 0.25) is 0 Å². The second-order valence-corrected chi connectivity index (χ2v) is 5.93. The number of nitrogens with zero attached hydrogens (tertiary/aromatic N) is 2. The Bertz CT molecular complexity index is 664. The normalized spacial score (nSPS) is 19.0. The summed E-state index contributed by atoms with van der Waals surface area (Å²) in [6.07, 6.45) is 3.43. The summed E-state index contributed by atoms with van der Waals surface area (Å²) in [6.45, 7) is 3.59. The molecule has 0 spiro atoms. The molecule has 2 N–H and O–H groups in total. The molecule has 4 nitrogen and oxygen atoms in total. The van der Waals surface area contributed by atoms with Gasteiger partial charge in [0.25, 0.3) is 0 Å². The lowest BCUT2D eigenvalue weighted by Crippen LogP contribution is -2.35. The van der Waals surface area contributed by atoms with E-state index in [0.717, 1.165) is 31.5 Å². The molecule has 2 aromatic rings. The second-order valence-electron chi connectivity index (χ2n) is 5.93. The molecule has 0 amide bonds. The third kappa shape index (κ3) is 3.45. The molecule has 0 aliphatic carbocycles. The van der Waals surface area contributed by atoms with E-state index in [1.165, 1.54) is 6.07 Å². The van der Waals surface area contributed by atoms with Gasteiger partial charge in [-0.25, -0.2) is 9.37 Å². The highest BCUT2D eigenvalue weighted by atomic mass is 19.1. The van der Waals surface area contributed by atoms with E-state index in [4.69, 9.17) is 0 Å². The van der Waals surface area contributed by atoms with E-state index in [1.54, 1.807) is 18.3 Å². The lowest BCUT2D eigenvalue weighted by atomic mass is 10.0. The van der Waals surface area contributed by atoms with Gasteiger partial charge in [-0.1, -0.05) is 25.1 Å². The summed E-state index contributed by atoms with van der Waals surface area (Å²) >= 11 is 0. The highest BCUT2D eigenvalue weighted by Gasteiger charge is 2.27. The van der Waals surface area contributed by atoms with Crippen molar-refractivity contribution < 1.29 is 9.50 Å². The van der Waals surface area contributed by atoms with Gasteiger partial charge in [0, 0.05) is 36.9 Å². The van der Waals surface area contributed by atoms with Gasteiger partial charge in [-0.15, -0.1) is 0 Å². The maximum atomic E-state index is 13.9. The molecule has 5 heteroatoms. The van der Waals surface area contributed by atoms with Gasteiger partial charge in [0.1, 0.15) is 5.75 Å². The van der Waals surface area contributed by atoms with E-state index in [1.807, 2.05) is 23.1 Å². The quantitative estimate of drug-likeness (QED) is 0.889. The molecule has 1 aliphatic heterocycles. The number of aromatic nitrogens is 1. The minimum absolute atomic E-state index is 0.0923. The van der Waals surface area contributed by atoms with E-state index in [-0.39, 0.29) is 17.9 Å². The van der Waals surface area contributed by atoms with Gasteiger partial charge < -0.3 is 15.3 Å². The minimum atomic E-state index is -0.277. The Morgan fingerprint density at radius 3 is 2.91 bits per heavy atom. The summed E-state index contributed by atoms with van der Waals surface area (Å²) in [6, 6.07) is 10.8. The zero-order valence-corrected chi connectivity index (χ0v) is 13.2. The summed E-state index contributed by atoms with van der Waals surface area (Å²) < 4.78 is 13.9. The summed E-state index contributed by atoms with van der Waals surface area (Å²) in [5, 5.41) is 13.6. The Labute approximate surface area is 136 Å². The van der Waals surface area contributed by atoms with Crippen LogP contribution < -0.4 is 10.2 Å². The van der Waals surface area contributed by atoms with Crippen LogP contribution in [0.25, 0.3) is 0 Å². The largest absolute Gasteiger partial charge is 0.508 e. The van der Waals surface area contributed by atoms with Gasteiger partial charge >= 0.3 is 0 Å². The summed E-state index contributed by atoms with van der Waals surface area (Å²) in [4.78, 5) is 6.13. The monoisotopic (exact) mass is 315 g/mol. The Hall–Kier alpha value is -2.14. The summed E-state index contributed by atoms with van der Waals surface area (Å²) in [7, 11) is 0. The van der Waals surface area contributed by atoms with Crippen LogP contribution in [-0.4, -0.2) is 29.2 Å². The number of rotatable bonds is 5. The predicted molar refractivity (Wildman–Crippen MR) is 89.1 cm³/mol.